The molecule has 2 aromatic heterocycles. The summed E-state index contributed by atoms with van der Waals surface area (Å²) in [5.41, 5.74) is 3.08. The van der Waals surface area contributed by atoms with Crippen molar-refractivity contribution in [2.24, 2.45) is 0 Å². The molecule has 1 unspecified atom stereocenters. The molecular weight excluding hydrogens is 236 g/mol. The Morgan fingerprint density at radius 2 is 2.26 bits per heavy atom. The Bertz CT molecular complexity index is 527. The van der Waals surface area contributed by atoms with Crippen LogP contribution in [0.15, 0.2) is 24.4 Å². The number of aromatic amines is 1. The molecule has 0 amide bonds. The van der Waals surface area contributed by atoms with E-state index >= 15 is 0 Å². The smallest absolute Gasteiger partial charge is 0.130 e. The van der Waals surface area contributed by atoms with Crippen molar-refractivity contribution in [2.45, 2.75) is 38.6 Å². The Morgan fingerprint density at radius 1 is 1.32 bits per heavy atom. The van der Waals surface area contributed by atoms with Crippen molar-refractivity contribution in [1.29, 1.82) is 0 Å². The zero-order chi connectivity index (χ0) is 13.1. The Hall–Kier alpha value is -1.68. The molecule has 0 radical (unpaired) electrons. The molecular formula is C15H20N4. The Kier molecular flexibility index (Phi) is 3.60. The first-order chi connectivity index (χ1) is 9.31. The van der Waals surface area contributed by atoms with Crippen LogP contribution in [0.4, 0.5) is 0 Å². The lowest BCUT2D eigenvalue weighted by Gasteiger charge is -2.22. The van der Waals surface area contributed by atoms with E-state index in [2.05, 4.69) is 20.3 Å². The highest BCUT2D eigenvalue weighted by molar-refractivity contribution is 5.54. The predicted molar refractivity (Wildman–Crippen MR) is 75.9 cm³/mol. The summed E-state index contributed by atoms with van der Waals surface area (Å²) in [6.07, 6.45) is 6.69. The van der Waals surface area contributed by atoms with Gasteiger partial charge in [0.15, 0.2) is 0 Å². The van der Waals surface area contributed by atoms with Crippen molar-refractivity contribution in [2.75, 3.05) is 6.54 Å². The fourth-order valence-corrected chi connectivity index (χ4v) is 2.67. The fourth-order valence-electron chi connectivity index (χ4n) is 2.67. The number of hydrogen-bond acceptors (Lipinski definition) is 3. The van der Waals surface area contributed by atoms with Crippen LogP contribution < -0.4 is 5.32 Å². The quantitative estimate of drug-likeness (QED) is 0.887. The third-order valence-corrected chi connectivity index (χ3v) is 3.62. The van der Waals surface area contributed by atoms with E-state index in [1.165, 1.54) is 19.3 Å². The summed E-state index contributed by atoms with van der Waals surface area (Å²) in [5, 5.41) is 3.55. The van der Waals surface area contributed by atoms with Gasteiger partial charge in [0.05, 0.1) is 11.4 Å². The summed E-state index contributed by atoms with van der Waals surface area (Å²) < 4.78 is 0. The first kappa shape index (κ1) is 12.4. The van der Waals surface area contributed by atoms with E-state index in [1.807, 2.05) is 31.3 Å². The van der Waals surface area contributed by atoms with Crippen LogP contribution in [0.2, 0.25) is 0 Å². The van der Waals surface area contributed by atoms with Crippen LogP contribution in [-0.2, 0) is 6.42 Å². The van der Waals surface area contributed by atoms with Crippen LogP contribution in [0.25, 0.3) is 11.4 Å². The first-order valence-electron chi connectivity index (χ1n) is 7.03. The number of aromatic nitrogens is 3. The van der Waals surface area contributed by atoms with Gasteiger partial charge < -0.3 is 10.3 Å². The summed E-state index contributed by atoms with van der Waals surface area (Å²) >= 11 is 0. The zero-order valence-electron chi connectivity index (χ0n) is 11.3. The Balaban J connectivity index is 1.81. The largest absolute Gasteiger partial charge is 0.360 e. The molecule has 2 aromatic rings. The minimum absolute atomic E-state index is 0.534. The molecule has 0 saturated carbocycles. The zero-order valence-corrected chi connectivity index (χ0v) is 11.3. The monoisotopic (exact) mass is 256 g/mol. The fraction of sp³-hybridized carbons (Fsp3) is 0.467. The van der Waals surface area contributed by atoms with Crippen LogP contribution in [-0.4, -0.2) is 27.5 Å². The molecule has 1 fully saturated rings. The minimum atomic E-state index is 0.534. The van der Waals surface area contributed by atoms with Gasteiger partial charge in [0.2, 0.25) is 0 Å². The van der Waals surface area contributed by atoms with Crippen LogP contribution in [0.5, 0.6) is 0 Å². The van der Waals surface area contributed by atoms with E-state index in [4.69, 9.17) is 0 Å². The normalized spacial score (nSPS) is 19.5. The molecule has 1 atom stereocenters. The van der Waals surface area contributed by atoms with Crippen molar-refractivity contribution in [3.05, 3.63) is 35.9 Å². The van der Waals surface area contributed by atoms with Gasteiger partial charge in [-0.05, 0) is 44.5 Å². The van der Waals surface area contributed by atoms with Crippen molar-refractivity contribution < 1.29 is 0 Å². The highest BCUT2D eigenvalue weighted by Crippen LogP contribution is 2.17. The summed E-state index contributed by atoms with van der Waals surface area (Å²) in [7, 11) is 0. The summed E-state index contributed by atoms with van der Waals surface area (Å²) in [4.78, 5) is 12.5. The Labute approximate surface area is 113 Å². The van der Waals surface area contributed by atoms with Gasteiger partial charge in [-0.15, -0.1) is 0 Å². The van der Waals surface area contributed by atoms with Crippen molar-refractivity contribution in [3.8, 4) is 11.4 Å². The van der Waals surface area contributed by atoms with E-state index in [-0.39, 0.29) is 0 Å². The molecule has 1 saturated heterocycles. The third kappa shape index (κ3) is 3.01. The number of H-pyrrole nitrogens is 1. The van der Waals surface area contributed by atoms with Gasteiger partial charge in [-0.1, -0.05) is 6.42 Å². The molecule has 0 spiro atoms. The standard InChI is InChI=1S/C15H20N4/c1-11-9-14(13-6-4-8-17-13)19-15(18-11)10-12-5-2-3-7-16-12/h4,6,8-9,12,16-17H,2-3,5,7,10H2,1H3. The van der Waals surface area contributed by atoms with Gasteiger partial charge in [-0.25, -0.2) is 9.97 Å². The van der Waals surface area contributed by atoms with Crippen LogP contribution in [0.1, 0.15) is 30.8 Å². The third-order valence-electron chi connectivity index (χ3n) is 3.62. The van der Waals surface area contributed by atoms with E-state index in [0.717, 1.165) is 35.9 Å². The number of nitrogens with zero attached hydrogens (tertiary/aromatic N) is 2. The van der Waals surface area contributed by atoms with Gasteiger partial charge in [0.25, 0.3) is 0 Å². The van der Waals surface area contributed by atoms with E-state index in [1.54, 1.807) is 0 Å². The molecule has 0 aliphatic carbocycles. The second-order valence-electron chi connectivity index (χ2n) is 5.25. The second kappa shape index (κ2) is 5.53. The first-order valence-corrected chi connectivity index (χ1v) is 7.03. The molecule has 1 aliphatic rings. The van der Waals surface area contributed by atoms with Gasteiger partial charge >= 0.3 is 0 Å². The molecule has 3 heterocycles. The molecule has 19 heavy (non-hydrogen) atoms. The second-order valence-corrected chi connectivity index (χ2v) is 5.25. The molecule has 0 bridgehead atoms. The van der Waals surface area contributed by atoms with Crippen molar-refractivity contribution in [3.63, 3.8) is 0 Å². The van der Waals surface area contributed by atoms with E-state index in [9.17, 15) is 0 Å². The number of piperidine rings is 1. The van der Waals surface area contributed by atoms with Gasteiger partial charge in [-0.2, -0.15) is 0 Å². The molecule has 2 N–H and O–H groups in total. The topological polar surface area (TPSA) is 53.6 Å². The van der Waals surface area contributed by atoms with Gasteiger partial charge in [0.1, 0.15) is 5.82 Å². The molecule has 4 nitrogen and oxygen atoms in total. The van der Waals surface area contributed by atoms with Crippen molar-refractivity contribution >= 4 is 0 Å². The minimum Gasteiger partial charge on any atom is -0.360 e. The van der Waals surface area contributed by atoms with E-state index < -0.39 is 0 Å². The average Bonchev–Trinajstić information content (AvgIpc) is 2.93. The van der Waals surface area contributed by atoms with Crippen molar-refractivity contribution in [1.82, 2.24) is 20.3 Å². The lowest BCUT2D eigenvalue weighted by molar-refractivity contribution is 0.394. The number of hydrogen-bond donors (Lipinski definition) is 2. The lowest BCUT2D eigenvalue weighted by Crippen LogP contribution is -2.36. The number of nitrogens with one attached hydrogen (secondary N) is 2. The highest BCUT2D eigenvalue weighted by atomic mass is 15.0. The molecule has 100 valence electrons. The lowest BCUT2D eigenvalue weighted by atomic mass is 10.0. The number of aryl methyl sites for hydroxylation is 1. The summed E-state index contributed by atoms with van der Waals surface area (Å²) in [5.74, 6) is 0.948. The maximum Gasteiger partial charge on any atom is 0.130 e. The van der Waals surface area contributed by atoms with Crippen LogP contribution >= 0.6 is 0 Å². The summed E-state index contributed by atoms with van der Waals surface area (Å²) in [6, 6.07) is 6.61. The van der Waals surface area contributed by atoms with Crippen LogP contribution in [0.3, 0.4) is 0 Å². The number of rotatable bonds is 3. The Morgan fingerprint density at radius 3 is 3.00 bits per heavy atom. The van der Waals surface area contributed by atoms with Gasteiger partial charge in [0, 0.05) is 24.4 Å². The van der Waals surface area contributed by atoms with Crippen LogP contribution in [0, 0.1) is 6.92 Å². The predicted octanol–water partition coefficient (Wildman–Crippen LogP) is 2.46. The molecule has 4 heteroatoms. The van der Waals surface area contributed by atoms with E-state index in [0.29, 0.717) is 6.04 Å². The highest BCUT2D eigenvalue weighted by Gasteiger charge is 2.15. The summed E-state index contributed by atoms with van der Waals surface area (Å²) in [6.45, 7) is 3.16. The maximum absolute atomic E-state index is 4.69. The molecule has 0 aromatic carbocycles. The average molecular weight is 256 g/mol. The molecule has 3 rings (SSSR count). The van der Waals surface area contributed by atoms with Gasteiger partial charge in [-0.3, -0.25) is 0 Å². The maximum atomic E-state index is 4.69. The molecule has 1 aliphatic heterocycles. The SMILES string of the molecule is Cc1cc(-c2ccc[nH]2)nc(CC2CCCCN2)n1.